The predicted octanol–water partition coefficient (Wildman–Crippen LogP) is 5.45. The number of piperidine rings is 1. The summed E-state index contributed by atoms with van der Waals surface area (Å²) >= 11 is 3.59. The minimum atomic E-state index is 0. The van der Waals surface area contributed by atoms with E-state index in [1.165, 1.54) is 37.1 Å². The monoisotopic (exact) mass is 474 g/mol. The molecular weight excluding hydrogens is 447 g/mol. The summed E-state index contributed by atoms with van der Waals surface area (Å²) in [6.07, 6.45) is 2.43. The van der Waals surface area contributed by atoms with Gasteiger partial charge in [0.15, 0.2) is 0 Å². The zero-order valence-corrected chi connectivity index (χ0v) is 18.9. The summed E-state index contributed by atoms with van der Waals surface area (Å²) in [5, 5.41) is 3.71. The van der Waals surface area contributed by atoms with Crippen LogP contribution in [0.25, 0.3) is 0 Å². The number of benzene rings is 2. The van der Waals surface area contributed by atoms with E-state index in [9.17, 15) is 0 Å². The molecule has 1 N–H and O–H groups in total. The van der Waals surface area contributed by atoms with Crippen LogP contribution in [0.3, 0.4) is 0 Å². The van der Waals surface area contributed by atoms with Crippen LogP contribution in [0, 0.1) is 0 Å². The van der Waals surface area contributed by atoms with Crippen LogP contribution in [0.15, 0.2) is 53.0 Å². The molecule has 1 fully saturated rings. The first-order chi connectivity index (χ1) is 12.2. The lowest BCUT2D eigenvalue weighted by Crippen LogP contribution is -2.41. The Morgan fingerprint density at radius 1 is 1.04 bits per heavy atom. The Morgan fingerprint density at radius 3 is 2.37 bits per heavy atom. The van der Waals surface area contributed by atoms with Crippen molar-refractivity contribution in [1.82, 2.24) is 10.2 Å². The van der Waals surface area contributed by atoms with Gasteiger partial charge in [0.25, 0.3) is 0 Å². The van der Waals surface area contributed by atoms with Crippen molar-refractivity contribution in [1.29, 1.82) is 0 Å². The second kappa shape index (κ2) is 12.6. The van der Waals surface area contributed by atoms with E-state index < -0.39 is 0 Å². The Bertz CT molecular complexity index is 664. The van der Waals surface area contributed by atoms with Gasteiger partial charge in [0.05, 0.1) is 11.1 Å². The van der Waals surface area contributed by atoms with Crippen LogP contribution in [0.4, 0.5) is 0 Å². The van der Waals surface area contributed by atoms with Gasteiger partial charge in [0.2, 0.25) is 0 Å². The van der Waals surface area contributed by atoms with E-state index in [0.29, 0.717) is 12.6 Å². The van der Waals surface area contributed by atoms with Crippen LogP contribution in [0.2, 0.25) is 0 Å². The molecule has 2 aromatic carbocycles. The van der Waals surface area contributed by atoms with Gasteiger partial charge in [0.1, 0.15) is 5.75 Å². The van der Waals surface area contributed by atoms with E-state index in [1.54, 1.807) is 0 Å². The van der Waals surface area contributed by atoms with E-state index in [4.69, 9.17) is 4.74 Å². The molecule has 0 radical (unpaired) electrons. The molecule has 0 saturated carbocycles. The number of halogens is 3. The molecule has 0 spiro atoms. The first-order valence-electron chi connectivity index (χ1n) is 9.15. The highest BCUT2D eigenvalue weighted by Crippen LogP contribution is 2.26. The molecule has 1 saturated heterocycles. The fourth-order valence-electron chi connectivity index (χ4n) is 3.33. The number of nitrogens with one attached hydrogen (secondary N) is 1. The van der Waals surface area contributed by atoms with Gasteiger partial charge in [0, 0.05) is 19.1 Å². The minimum absolute atomic E-state index is 0. The lowest BCUT2D eigenvalue weighted by Gasteiger charge is -2.32. The number of ether oxygens (including phenoxy) is 1. The van der Waals surface area contributed by atoms with Crippen molar-refractivity contribution in [3.63, 3.8) is 0 Å². The third-order valence-corrected chi connectivity index (χ3v) is 5.35. The second-order valence-corrected chi connectivity index (χ2v) is 7.47. The first-order valence-corrected chi connectivity index (χ1v) is 9.95. The average Bonchev–Trinajstić information content (AvgIpc) is 2.64. The SMILES string of the molecule is CCOc1ccc(CNC2CCN(Cc3ccccc3)CC2)cc1Br.Cl.Cl. The Labute approximate surface area is 183 Å². The molecule has 150 valence electrons. The van der Waals surface area contributed by atoms with Crippen LogP contribution in [-0.4, -0.2) is 30.6 Å². The van der Waals surface area contributed by atoms with Gasteiger partial charge in [-0.1, -0.05) is 36.4 Å². The molecule has 3 nitrogen and oxygen atoms in total. The predicted molar refractivity (Wildman–Crippen MR) is 121 cm³/mol. The van der Waals surface area contributed by atoms with Gasteiger partial charge >= 0.3 is 0 Å². The molecule has 0 atom stereocenters. The molecule has 0 aliphatic carbocycles. The van der Waals surface area contributed by atoms with Gasteiger partial charge in [-0.05, 0) is 72.0 Å². The van der Waals surface area contributed by atoms with E-state index in [-0.39, 0.29) is 24.8 Å². The third-order valence-electron chi connectivity index (χ3n) is 4.73. The third kappa shape index (κ3) is 7.63. The van der Waals surface area contributed by atoms with Crippen molar-refractivity contribution in [3.8, 4) is 5.75 Å². The fraction of sp³-hybridized carbons (Fsp3) is 0.429. The molecule has 0 aromatic heterocycles. The highest BCUT2D eigenvalue weighted by molar-refractivity contribution is 9.10. The Kier molecular flexibility index (Phi) is 11.4. The van der Waals surface area contributed by atoms with Crippen LogP contribution >= 0.6 is 40.7 Å². The topological polar surface area (TPSA) is 24.5 Å². The maximum absolute atomic E-state index is 5.57. The van der Waals surface area contributed by atoms with Crippen molar-refractivity contribution >= 4 is 40.7 Å². The Balaban J connectivity index is 0.00000182. The lowest BCUT2D eigenvalue weighted by molar-refractivity contribution is 0.190. The number of nitrogens with zero attached hydrogens (tertiary/aromatic N) is 1. The molecule has 0 bridgehead atoms. The average molecular weight is 476 g/mol. The molecule has 0 amide bonds. The van der Waals surface area contributed by atoms with E-state index >= 15 is 0 Å². The summed E-state index contributed by atoms with van der Waals surface area (Å²) in [6.45, 7) is 7.01. The van der Waals surface area contributed by atoms with Gasteiger partial charge in [-0.25, -0.2) is 0 Å². The van der Waals surface area contributed by atoms with Gasteiger partial charge in [-0.15, -0.1) is 24.8 Å². The van der Waals surface area contributed by atoms with Gasteiger partial charge in [-0.3, -0.25) is 4.90 Å². The first kappa shape index (κ1) is 24.3. The highest BCUT2D eigenvalue weighted by Gasteiger charge is 2.18. The van der Waals surface area contributed by atoms with E-state index in [1.807, 2.05) is 13.0 Å². The molecule has 0 unspecified atom stereocenters. The van der Waals surface area contributed by atoms with Crippen LogP contribution in [-0.2, 0) is 13.1 Å². The van der Waals surface area contributed by atoms with Crippen LogP contribution in [0.1, 0.15) is 30.9 Å². The highest BCUT2D eigenvalue weighted by atomic mass is 79.9. The quantitative estimate of drug-likeness (QED) is 0.576. The standard InChI is InChI=1S/C21H27BrN2O.2ClH/c1-2-25-21-9-8-18(14-20(21)22)15-23-19-10-12-24(13-11-19)16-17-6-4-3-5-7-17;;/h3-9,14,19,23H,2,10-13,15-16H2,1H3;2*1H. The summed E-state index contributed by atoms with van der Waals surface area (Å²) in [6, 6.07) is 17.7. The number of likely N-dealkylation sites (tertiary alicyclic amines) is 1. The van der Waals surface area contributed by atoms with Crippen LogP contribution < -0.4 is 10.1 Å². The van der Waals surface area contributed by atoms with E-state index in [2.05, 4.69) is 68.6 Å². The molecule has 3 rings (SSSR count). The van der Waals surface area contributed by atoms with E-state index in [0.717, 1.165) is 23.3 Å². The smallest absolute Gasteiger partial charge is 0.133 e. The van der Waals surface area contributed by atoms with Crippen molar-refractivity contribution in [3.05, 3.63) is 64.1 Å². The molecule has 27 heavy (non-hydrogen) atoms. The van der Waals surface area contributed by atoms with Gasteiger partial charge < -0.3 is 10.1 Å². The van der Waals surface area contributed by atoms with Crippen molar-refractivity contribution in [2.45, 2.75) is 38.9 Å². The maximum atomic E-state index is 5.57. The second-order valence-electron chi connectivity index (χ2n) is 6.61. The van der Waals surface area contributed by atoms with Crippen LogP contribution in [0.5, 0.6) is 5.75 Å². The number of hydrogen-bond donors (Lipinski definition) is 1. The molecule has 1 aliphatic rings. The molecule has 1 aliphatic heterocycles. The largest absolute Gasteiger partial charge is 0.493 e. The summed E-state index contributed by atoms with van der Waals surface area (Å²) < 4.78 is 6.61. The molecular formula is C21H29BrCl2N2O. The summed E-state index contributed by atoms with van der Waals surface area (Å²) in [7, 11) is 0. The number of hydrogen-bond acceptors (Lipinski definition) is 3. The normalized spacial score (nSPS) is 14.9. The number of rotatable bonds is 7. The Hall–Kier alpha value is -0.780. The molecule has 2 aromatic rings. The zero-order chi connectivity index (χ0) is 17.5. The summed E-state index contributed by atoms with van der Waals surface area (Å²) in [5.41, 5.74) is 2.70. The van der Waals surface area contributed by atoms with Crippen molar-refractivity contribution in [2.75, 3.05) is 19.7 Å². The fourth-order valence-corrected chi connectivity index (χ4v) is 3.87. The summed E-state index contributed by atoms with van der Waals surface area (Å²) in [5.74, 6) is 0.917. The lowest BCUT2D eigenvalue weighted by atomic mass is 10.0. The van der Waals surface area contributed by atoms with Crippen molar-refractivity contribution < 1.29 is 4.74 Å². The molecule has 1 heterocycles. The summed E-state index contributed by atoms with van der Waals surface area (Å²) in [4.78, 5) is 2.56. The van der Waals surface area contributed by atoms with Crippen molar-refractivity contribution in [2.24, 2.45) is 0 Å². The zero-order valence-electron chi connectivity index (χ0n) is 15.7. The Morgan fingerprint density at radius 2 is 1.74 bits per heavy atom. The molecule has 6 heteroatoms. The van der Waals surface area contributed by atoms with Gasteiger partial charge in [-0.2, -0.15) is 0 Å². The minimum Gasteiger partial charge on any atom is -0.493 e. The maximum Gasteiger partial charge on any atom is 0.133 e.